The summed E-state index contributed by atoms with van der Waals surface area (Å²) in [7, 11) is 1.67. The van der Waals surface area contributed by atoms with Crippen molar-refractivity contribution in [3.05, 3.63) is 36.7 Å². The molecule has 2 aromatic rings. The van der Waals surface area contributed by atoms with E-state index in [9.17, 15) is 0 Å². The second-order valence-electron chi connectivity index (χ2n) is 6.32. The summed E-state index contributed by atoms with van der Waals surface area (Å²) in [5, 5.41) is 0. The van der Waals surface area contributed by atoms with Crippen LogP contribution in [0.3, 0.4) is 0 Å². The first-order chi connectivity index (χ1) is 12.3. The third-order valence-corrected chi connectivity index (χ3v) is 4.65. The lowest BCUT2D eigenvalue weighted by Gasteiger charge is -2.34. The van der Waals surface area contributed by atoms with Gasteiger partial charge >= 0.3 is 0 Å². The quantitative estimate of drug-likeness (QED) is 0.777. The number of rotatable bonds is 7. The lowest BCUT2D eigenvalue weighted by molar-refractivity contribution is 0.252. The number of aromatic nitrogens is 2. The van der Waals surface area contributed by atoms with E-state index >= 15 is 0 Å². The minimum absolute atomic E-state index is 0.786. The number of piperazine rings is 1. The third kappa shape index (κ3) is 4.67. The van der Waals surface area contributed by atoms with Gasteiger partial charge in [-0.25, -0.2) is 9.97 Å². The van der Waals surface area contributed by atoms with Gasteiger partial charge in [-0.1, -0.05) is 12.1 Å². The summed E-state index contributed by atoms with van der Waals surface area (Å²) in [6.45, 7) is 6.01. The van der Waals surface area contributed by atoms with Crippen molar-refractivity contribution in [1.29, 1.82) is 0 Å². The van der Waals surface area contributed by atoms with Crippen LogP contribution in [-0.4, -0.2) is 61.2 Å². The van der Waals surface area contributed by atoms with E-state index in [1.807, 2.05) is 36.7 Å². The highest BCUT2D eigenvalue weighted by molar-refractivity contribution is 5.62. The molecule has 0 amide bonds. The van der Waals surface area contributed by atoms with Crippen LogP contribution in [0.25, 0.3) is 11.1 Å². The molecule has 0 radical (unpaired) electrons. The number of hydrogen-bond acceptors (Lipinski definition) is 6. The van der Waals surface area contributed by atoms with E-state index in [0.29, 0.717) is 0 Å². The van der Waals surface area contributed by atoms with Crippen molar-refractivity contribution < 1.29 is 4.74 Å². The van der Waals surface area contributed by atoms with Gasteiger partial charge < -0.3 is 15.4 Å². The summed E-state index contributed by atoms with van der Waals surface area (Å²) in [4.78, 5) is 13.9. The predicted molar refractivity (Wildman–Crippen MR) is 101 cm³/mol. The molecule has 0 saturated carbocycles. The van der Waals surface area contributed by atoms with Crippen molar-refractivity contribution in [2.24, 2.45) is 5.73 Å². The number of hydrogen-bond donors (Lipinski definition) is 1. The first kappa shape index (κ1) is 17.6. The predicted octanol–water partition coefficient (Wildman–Crippen LogP) is 2.01. The number of unbranched alkanes of at least 4 members (excludes halogenated alkanes) is 1. The van der Waals surface area contributed by atoms with E-state index in [0.717, 1.165) is 68.5 Å². The van der Waals surface area contributed by atoms with Gasteiger partial charge in [0.05, 0.1) is 7.11 Å². The molecule has 0 spiro atoms. The van der Waals surface area contributed by atoms with E-state index in [2.05, 4.69) is 19.8 Å². The molecule has 1 saturated heterocycles. The molecule has 0 aliphatic carbocycles. The van der Waals surface area contributed by atoms with Gasteiger partial charge in [-0.15, -0.1) is 0 Å². The molecule has 0 bridgehead atoms. The zero-order valence-corrected chi connectivity index (χ0v) is 14.9. The van der Waals surface area contributed by atoms with Gasteiger partial charge in [-0.3, -0.25) is 4.90 Å². The number of methoxy groups -OCH3 is 1. The molecule has 1 aromatic heterocycles. The van der Waals surface area contributed by atoms with Crippen molar-refractivity contribution in [2.45, 2.75) is 12.8 Å². The summed E-state index contributed by atoms with van der Waals surface area (Å²) >= 11 is 0. The highest BCUT2D eigenvalue weighted by Crippen LogP contribution is 2.22. The van der Waals surface area contributed by atoms with E-state index in [-0.39, 0.29) is 0 Å². The summed E-state index contributed by atoms with van der Waals surface area (Å²) < 4.78 is 5.19. The normalized spacial score (nSPS) is 15.4. The Labute approximate surface area is 149 Å². The van der Waals surface area contributed by atoms with Crippen LogP contribution in [0.15, 0.2) is 36.7 Å². The van der Waals surface area contributed by atoms with Gasteiger partial charge in [0.2, 0.25) is 5.95 Å². The van der Waals surface area contributed by atoms with Gasteiger partial charge in [0.25, 0.3) is 0 Å². The molecule has 1 aliphatic heterocycles. The monoisotopic (exact) mass is 341 g/mol. The van der Waals surface area contributed by atoms with Crippen LogP contribution in [0.1, 0.15) is 12.8 Å². The summed E-state index contributed by atoms with van der Waals surface area (Å²) in [5.41, 5.74) is 7.68. The van der Waals surface area contributed by atoms with Gasteiger partial charge in [0.15, 0.2) is 0 Å². The maximum atomic E-state index is 5.56. The zero-order chi connectivity index (χ0) is 17.5. The maximum Gasteiger partial charge on any atom is 0.225 e. The average molecular weight is 341 g/mol. The second-order valence-corrected chi connectivity index (χ2v) is 6.32. The minimum atomic E-state index is 0.786. The van der Waals surface area contributed by atoms with Crippen LogP contribution in [0.2, 0.25) is 0 Å². The molecule has 1 aromatic carbocycles. The Balaban J connectivity index is 1.56. The lowest BCUT2D eigenvalue weighted by atomic mass is 10.1. The first-order valence-corrected chi connectivity index (χ1v) is 8.94. The Morgan fingerprint density at radius 1 is 0.960 bits per heavy atom. The van der Waals surface area contributed by atoms with Gasteiger partial charge in [-0.2, -0.15) is 0 Å². The van der Waals surface area contributed by atoms with E-state index in [1.54, 1.807) is 7.11 Å². The van der Waals surface area contributed by atoms with Crippen molar-refractivity contribution in [3.8, 4) is 16.9 Å². The van der Waals surface area contributed by atoms with Gasteiger partial charge in [0.1, 0.15) is 5.75 Å². The Morgan fingerprint density at radius 2 is 1.64 bits per heavy atom. The van der Waals surface area contributed by atoms with Crippen LogP contribution in [0.5, 0.6) is 5.75 Å². The zero-order valence-electron chi connectivity index (χ0n) is 14.9. The summed E-state index contributed by atoms with van der Waals surface area (Å²) in [6.07, 6.45) is 6.09. The molecular formula is C19H27N5O. The van der Waals surface area contributed by atoms with E-state index < -0.39 is 0 Å². The molecule has 2 heterocycles. The Kier molecular flexibility index (Phi) is 6.19. The smallest absolute Gasteiger partial charge is 0.225 e. The molecule has 1 aliphatic rings. The van der Waals surface area contributed by atoms with Crippen LogP contribution in [0, 0.1) is 0 Å². The summed E-state index contributed by atoms with van der Waals surface area (Å²) in [6, 6.07) is 7.95. The molecule has 2 N–H and O–H groups in total. The molecule has 1 fully saturated rings. The van der Waals surface area contributed by atoms with Crippen LogP contribution < -0.4 is 15.4 Å². The standard InChI is InChI=1S/C19H27N5O/c1-25-18-6-4-16(5-7-18)17-14-21-19(22-15-17)24-12-10-23(11-13-24)9-3-2-8-20/h4-7,14-15H,2-3,8-13,20H2,1H3. The van der Waals surface area contributed by atoms with Crippen LogP contribution in [0.4, 0.5) is 5.95 Å². The Hall–Kier alpha value is -2.18. The van der Waals surface area contributed by atoms with E-state index in [4.69, 9.17) is 10.5 Å². The molecule has 25 heavy (non-hydrogen) atoms. The van der Waals surface area contributed by atoms with Crippen LogP contribution >= 0.6 is 0 Å². The number of ether oxygens (including phenoxy) is 1. The average Bonchev–Trinajstić information content (AvgIpc) is 2.69. The second kappa shape index (κ2) is 8.78. The van der Waals surface area contributed by atoms with Crippen molar-refractivity contribution >= 4 is 5.95 Å². The first-order valence-electron chi connectivity index (χ1n) is 8.94. The third-order valence-electron chi connectivity index (χ3n) is 4.65. The van der Waals surface area contributed by atoms with Crippen molar-refractivity contribution in [3.63, 3.8) is 0 Å². The van der Waals surface area contributed by atoms with Crippen LogP contribution in [-0.2, 0) is 0 Å². The summed E-state index contributed by atoms with van der Waals surface area (Å²) in [5.74, 6) is 1.67. The van der Waals surface area contributed by atoms with Gasteiger partial charge in [0, 0.05) is 44.1 Å². The highest BCUT2D eigenvalue weighted by Gasteiger charge is 2.18. The van der Waals surface area contributed by atoms with Crippen molar-refractivity contribution in [1.82, 2.24) is 14.9 Å². The van der Waals surface area contributed by atoms with Gasteiger partial charge in [-0.05, 0) is 43.6 Å². The fourth-order valence-electron chi connectivity index (χ4n) is 3.07. The van der Waals surface area contributed by atoms with Crippen molar-refractivity contribution in [2.75, 3.05) is 51.3 Å². The Morgan fingerprint density at radius 3 is 2.24 bits per heavy atom. The molecule has 134 valence electrons. The molecule has 0 atom stereocenters. The van der Waals surface area contributed by atoms with E-state index in [1.165, 1.54) is 6.42 Å². The molecular weight excluding hydrogens is 314 g/mol. The molecule has 3 rings (SSSR count). The largest absolute Gasteiger partial charge is 0.497 e. The molecule has 6 heteroatoms. The number of benzene rings is 1. The lowest BCUT2D eigenvalue weighted by Crippen LogP contribution is -2.47. The molecule has 0 unspecified atom stereocenters. The fourth-order valence-corrected chi connectivity index (χ4v) is 3.07. The SMILES string of the molecule is COc1ccc(-c2cnc(N3CCN(CCCCN)CC3)nc2)cc1. The number of nitrogens with two attached hydrogens (primary N) is 1. The number of nitrogens with zero attached hydrogens (tertiary/aromatic N) is 4. The molecule has 6 nitrogen and oxygen atoms in total. The number of anilines is 1. The maximum absolute atomic E-state index is 5.56. The Bertz CT molecular complexity index is 636. The minimum Gasteiger partial charge on any atom is -0.497 e. The highest BCUT2D eigenvalue weighted by atomic mass is 16.5. The fraction of sp³-hybridized carbons (Fsp3) is 0.474. The topological polar surface area (TPSA) is 67.5 Å².